The molecule has 1 fully saturated rings. The minimum absolute atomic E-state index is 0.152. The topological polar surface area (TPSA) is 96.7 Å². The van der Waals surface area contributed by atoms with Crippen molar-refractivity contribution in [3.8, 4) is 11.5 Å². The first-order chi connectivity index (χ1) is 12.3. The first-order valence-corrected chi connectivity index (χ1v) is 8.84. The monoisotopic (exact) mass is 339 g/mol. The van der Waals surface area contributed by atoms with E-state index in [2.05, 4.69) is 25.4 Å². The summed E-state index contributed by atoms with van der Waals surface area (Å²) >= 11 is 0. The Morgan fingerprint density at radius 3 is 2.96 bits per heavy atom. The predicted molar refractivity (Wildman–Crippen MR) is 92.7 cm³/mol. The summed E-state index contributed by atoms with van der Waals surface area (Å²) in [6, 6.07) is 5.71. The Kier molecular flexibility index (Phi) is 4.45. The molecule has 0 bridgehead atoms. The smallest absolute Gasteiger partial charge is 0.228 e. The molecule has 0 aromatic carbocycles. The van der Waals surface area contributed by atoms with Crippen LogP contribution in [-0.2, 0) is 11.2 Å². The number of carbonyl (C=O) groups excluding carboxylic acids is 1. The quantitative estimate of drug-likeness (QED) is 0.745. The number of nitrogens with zero attached hydrogens (tertiary/aromatic N) is 3. The molecule has 7 nitrogen and oxygen atoms in total. The zero-order chi connectivity index (χ0) is 17.1. The molecule has 3 aromatic heterocycles. The van der Waals surface area contributed by atoms with Gasteiger partial charge in [0.15, 0.2) is 0 Å². The van der Waals surface area contributed by atoms with Gasteiger partial charge in [-0.25, -0.2) is 4.98 Å². The van der Waals surface area contributed by atoms with Crippen LogP contribution in [0.4, 0.5) is 0 Å². The number of aromatic nitrogens is 4. The highest BCUT2D eigenvalue weighted by Crippen LogP contribution is 2.23. The fourth-order valence-electron chi connectivity index (χ4n) is 3.32. The molecule has 0 spiro atoms. The van der Waals surface area contributed by atoms with Gasteiger partial charge in [-0.1, -0.05) is 24.4 Å². The van der Waals surface area contributed by atoms with Crippen molar-refractivity contribution < 1.29 is 9.32 Å². The number of H-pyrrole nitrogens is 1. The molecular formula is C18H21N5O2. The molecular weight excluding hydrogens is 318 g/mol. The van der Waals surface area contributed by atoms with Crippen molar-refractivity contribution in [3.05, 3.63) is 30.3 Å². The molecule has 3 aromatic rings. The maximum absolute atomic E-state index is 12.1. The van der Waals surface area contributed by atoms with Crippen molar-refractivity contribution in [1.29, 1.82) is 0 Å². The van der Waals surface area contributed by atoms with E-state index in [0.29, 0.717) is 30.4 Å². The van der Waals surface area contributed by atoms with Crippen LogP contribution in [0.25, 0.3) is 22.6 Å². The van der Waals surface area contributed by atoms with Crippen LogP contribution in [-0.4, -0.2) is 32.6 Å². The third-order valence-electron chi connectivity index (χ3n) is 4.72. The minimum atomic E-state index is 0.152. The standard InChI is InChI=1S/C18H21N5O2/c24-18(12-4-2-1-3-5-12)20-11-9-16-22-17(23-25-16)15-7-6-13-14(21-15)8-10-19-13/h6-8,10,12,19H,1-5,9,11H2,(H,20,24). The zero-order valence-electron chi connectivity index (χ0n) is 14.0. The molecule has 7 heteroatoms. The Morgan fingerprint density at radius 1 is 1.20 bits per heavy atom. The lowest BCUT2D eigenvalue weighted by molar-refractivity contribution is -0.125. The van der Waals surface area contributed by atoms with Gasteiger partial charge in [-0.05, 0) is 31.0 Å². The van der Waals surface area contributed by atoms with E-state index in [9.17, 15) is 4.79 Å². The molecule has 1 amide bonds. The summed E-state index contributed by atoms with van der Waals surface area (Å²) in [5.41, 5.74) is 2.51. The number of pyridine rings is 1. The first kappa shape index (κ1) is 15.8. The average molecular weight is 339 g/mol. The van der Waals surface area contributed by atoms with Crippen LogP contribution >= 0.6 is 0 Å². The molecule has 1 saturated carbocycles. The molecule has 2 N–H and O–H groups in total. The summed E-state index contributed by atoms with van der Waals surface area (Å²) in [4.78, 5) is 24.1. The van der Waals surface area contributed by atoms with E-state index in [1.807, 2.05) is 24.4 Å². The van der Waals surface area contributed by atoms with Gasteiger partial charge in [0, 0.05) is 25.1 Å². The molecule has 0 atom stereocenters. The number of carbonyl (C=O) groups is 1. The number of hydrogen-bond donors (Lipinski definition) is 2. The molecule has 3 heterocycles. The molecule has 0 radical (unpaired) electrons. The summed E-state index contributed by atoms with van der Waals surface area (Å²) in [5.74, 6) is 1.30. The van der Waals surface area contributed by atoms with E-state index >= 15 is 0 Å². The average Bonchev–Trinajstić information content (AvgIpc) is 3.31. The normalized spacial score (nSPS) is 15.5. The Hall–Kier alpha value is -2.70. The van der Waals surface area contributed by atoms with Gasteiger partial charge in [0.05, 0.1) is 11.0 Å². The van der Waals surface area contributed by atoms with Crippen LogP contribution in [0.3, 0.4) is 0 Å². The fourth-order valence-corrected chi connectivity index (χ4v) is 3.32. The largest absolute Gasteiger partial charge is 0.360 e. The number of rotatable bonds is 5. The SMILES string of the molecule is O=C(NCCc1nc(-c2ccc3[nH]ccc3n2)no1)C1CCCCC1. The van der Waals surface area contributed by atoms with Gasteiger partial charge in [0.25, 0.3) is 0 Å². The van der Waals surface area contributed by atoms with Crippen LogP contribution in [0.1, 0.15) is 38.0 Å². The van der Waals surface area contributed by atoms with Gasteiger partial charge in [0.2, 0.25) is 17.6 Å². The molecule has 1 aliphatic carbocycles. The maximum Gasteiger partial charge on any atom is 0.228 e. The summed E-state index contributed by atoms with van der Waals surface area (Å²) < 4.78 is 5.28. The van der Waals surface area contributed by atoms with Crippen molar-refractivity contribution in [3.63, 3.8) is 0 Å². The van der Waals surface area contributed by atoms with Crippen molar-refractivity contribution in [2.75, 3.05) is 6.54 Å². The van der Waals surface area contributed by atoms with E-state index in [0.717, 1.165) is 36.7 Å². The molecule has 25 heavy (non-hydrogen) atoms. The second-order valence-electron chi connectivity index (χ2n) is 6.49. The number of aromatic amines is 1. The molecule has 0 aliphatic heterocycles. The van der Waals surface area contributed by atoms with E-state index in [4.69, 9.17) is 4.52 Å². The highest BCUT2D eigenvalue weighted by Gasteiger charge is 2.20. The van der Waals surface area contributed by atoms with Gasteiger partial charge >= 0.3 is 0 Å². The third-order valence-corrected chi connectivity index (χ3v) is 4.72. The van der Waals surface area contributed by atoms with Crippen molar-refractivity contribution in [2.45, 2.75) is 38.5 Å². The second kappa shape index (κ2) is 7.04. The summed E-state index contributed by atoms with van der Waals surface area (Å²) in [7, 11) is 0. The fraction of sp³-hybridized carbons (Fsp3) is 0.444. The van der Waals surface area contributed by atoms with E-state index in [1.54, 1.807) is 0 Å². The lowest BCUT2D eigenvalue weighted by Gasteiger charge is -2.20. The van der Waals surface area contributed by atoms with Crippen LogP contribution in [0.2, 0.25) is 0 Å². The van der Waals surface area contributed by atoms with Gasteiger partial charge in [-0.2, -0.15) is 4.98 Å². The van der Waals surface area contributed by atoms with Gasteiger partial charge in [-0.15, -0.1) is 0 Å². The van der Waals surface area contributed by atoms with E-state index < -0.39 is 0 Å². The molecule has 1 aliphatic rings. The zero-order valence-corrected chi connectivity index (χ0v) is 14.0. The Labute approximate surface area is 145 Å². The van der Waals surface area contributed by atoms with Crippen molar-refractivity contribution in [2.24, 2.45) is 5.92 Å². The number of nitrogens with one attached hydrogen (secondary N) is 2. The van der Waals surface area contributed by atoms with Crippen LogP contribution in [0.5, 0.6) is 0 Å². The summed E-state index contributed by atoms with van der Waals surface area (Å²) in [5, 5.41) is 6.98. The molecule has 0 saturated heterocycles. The highest BCUT2D eigenvalue weighted by molar-refractivity contribution is 5.78. The predicted octanol–water partition coefficient (Wildman–Crippen LogP) is 2.85. The molecule has 4 rings (SSSR count). The second-order valence-corrected chi connectivity index (χ2v) is 6.49. The van der Waals surface area contributed by atoms with Crippen molar-refractivity contribution >= 4 is 16.9 Å². The Balaban J connectivity index is 1.34. The Bertz CT molecular complexity index is 863. The Morgan fingerprint density at radius 2 is 2.08 bits per heavy atom. The van der Waals surface area contributed by atoms with Crippen LogP contribution < -0.4 is 5.32 Å². The van der Waals surface area contributed by atoms with Gasteiger partial charge < -0.3 is 14.8 Å². The number of amides is 1. The molecule has 0 unspecified atom stereocenters. The summed E-state index contributed by atoms with van der Waals surface area (Å²) in [6.07, 6.45) is 7.94. The first-order valence-electron chi connectivity index (χ1n) is 8.84. The highest BCUT2D eigenvalue weighted by atomic mass is 16.5. The van der Waals surface area contributed by atoms with E-state index in [-0.39, 0.29) is 11.8 Å². The molecule has 130 valence electrons. The lowest BCUT2D eigenvalue weighted by atomic mass is 9.89. The minimum Gasteiger partial charge on any atom is -0.360 e. The number of fused-ring (bicyclic) bond motifs is 1. The number of hydrogen-bond acceptors (Lipinski definition) is 5. The van der Waals surface area contributed by atoms with Gasteiger partial charge in [0.1, 0.15) is 5.69 Å². The van der Waals surface area contributed by atoms with Crippen LogP contribution in [0.15, 0.2) is 28.9 Å². The maximum atomic E-state index is 12.1. The third kappa shape index (κ3) is 3.55. The summed E-state index contributed by atoms with van der Waals surface area (Å²) in [6.45, 7) is 0.515. The van der Waals surface area contributed by atoms with E-state index in [1.165, 1.54) is 6.42 Å². The lowest BCUT2D eigenvalue weighted by Crippen LogP contribution is -2.33. The van der Waals surface area contributed by atoms with Crippen LogP contribution in [0, 0.1) is 5.92 Å². The van der Waals surface area contributed by atoms with Gasteiger partial charge in [-0.3, -0.25) is 4.79 Å². The van der Waals surface area contributed by atoms with Crippen molar-refractivity contribution in [1.82, 2.24) is 25.4 Å².